The first-order chi connectivity index (χ1) is 5.70. The Balaban J connectivity index is 3.89. The van der Waals surface area contributed by atoms with Crippen LogP contribution in [-0.2, 0) is 9.09 Å². The minimum Gasteiger partial charge on any atom is -0.237 e. The molecule has 0 aliphatic heterocycles. The van der Waals surface area contributed by atoms with Gasteiger partial charge in [-0.2, -0.15) is 0 Å². The van der Waals surface area contributed by atoms with E-state index in [1.807, 2.05) is 0 Å². The molecule has 1 N–H and O–H groups in total. The van der Waals surface area contributed by atoms with E-state index < -0.39 is 8.25 Å². The lowest BCUT2D eigenvalue weighted by Gasteiger charge is -1.98. The van der Waals surface area contributed by atoms with E-state index in [1.54, 1.807) is 0 Å². The molecule has 3 nitrogen and oxygen atoms in total. The van der Waals surface area contributed by atoms with Crippen molar-refractivity contribution in [2.75, 3.05) is 10.7 Å². The van der Waals surface area contributed by atoms with Gasteiger partial charge in [0.15, 0.2) is 6.26 Å². The monoisotopic (exact) mass is 319 g/mol. The Bertz CT molecular complexity index is 164. The summed E-state index contributed by atoms with van der Waals surface area (Å²) in [4.78, 5) is 8.36. The van der Waals surface area contributed by atoms with Crippen LogP contribution in [0, 0.1) is 0 Å². The quantitative estimate of drug-likeness (QED) is 0.465. The second kappa shape index (κ2) is 8.17. The molecule has 6 heteroatoms. The summed E-state index contributed by atoms with van der Waals surface area (Å²) in [5.74, 6) is 0. The van der Waals surface area contributed by atoms with Crippen molar-refractivity contribution in [3.63, 3.8) is 0 Å². The van der Waals surface area contributed by atoms with Crippen LogP contribution >= 0.6 is 40.1 Å². The Morgan fingerprint density at radius 3 is 2.25 bits per heavy atom. The van der Waals surface area contributed by atoms with Crippen LogP contribution in [0.15, 0.2) is 11.8 Å². The third kappa shape index (κ3) is 7.22. The van der Waals surface area contributed by atoms with Crippen molar-refractivity contribution in [3.05, 3.63) is 11.8 Å². The molecule has 0 spiro atoms. The fraction of sp³-hybridized carbons (Fsp3) is 0.667. The van der Waals surface area contributed by atoms with E-state index >= 15 is 0 Å². The first kappa shape index (κ1) is 12.6. The number of halogens is 2. The predicted molar refractivity (Wildman–Crippen MR) is 55.8 cm³/mol. The molecule has 1 unspecified atom stereocenters. The van der Waals surface area contributed by atoms with E-state index in [2.05, 4.69) is 36.4 Å². The highest BCUT2D eigenvalue weighted by Crippen LogP contribution is 2.19. The molecule has 0 fully saturated rings. The number of allylic oxidation sites excluding steroid dienone is 1. The van der Waals surface area contributed by atoms with E-state index in [1.165, 1.54) is 6.26 Å². The van der Waals surface area contributed by atoms with E-state index in [-0.39, 0.29) is 0 Å². The van der Waals surface area contributed by atoms with Gasteiger partial charge >= 0.3 is 8.25 Å². The van der Waals surface area contributed by atoms with Crippen LogP contribution in [0.2, 0.25) is 0 Å². The van der Waals surface area contributed by atoms with Gasteiger partial charge in [-0.3, -0.25) is 0 Å². The molecule has 0 heterocycles. The van der Waals surface area contributed by atoms with Crippen LogP contribution in [0.4, 0.5) is 0 Å². The number of rotatable bonds is 6. The maximum atomic E-state index is 10.2. The summed E-state index contributed by atoms with van der Waals surface area (Å²) in [5.41, 5.74) is 1.01. The van der Waals surface area contributed by atoms with Crippen molar-refractivity contribution < 1.29 is 14.0 Å². The van der Waals surface area contributed by atoms with E-state index in [0.717, 1.165) is 29.1 Å². The van der Waals surface area contributed by atoms with Crippen LogP contribution in [0.5, 0.6) is 0 Å². The predicted octanol–water partition coefficient (Wildman–Crippen LogP) is 3.11. The molecule has 0 aliphatic carbocycles. The van der Waals surface area contributed by atoms with Crippen LogP contribution < -0.4 is 0 Å². The Morgan fingerprint density at radius 1 is 1.42 bits per heavy atom. The molecule has 70 valence electrons. The first-order valence-electron chi connectivity index (χ1n) is 3.33. The van der Waals surface area contributed by atoms with E-state index in [9.17, 15) is 4.57 Å². The molecule has 0 amide bonds. The van der Waals surface area contributed by atoms with Crippen LogP contribution in [-0.4, -0.2) is 15.6 Å². The van der Waals surface area contributed by atoms with Crippen molar-refractivity contribution in [2.24, 2.45) is 0 Å². The average molecular weight is 321 g/mol. The Kier molecular flexibility index (Phi) is 8.55. The molecule has 0 bridgehead atoms. The van der Waals surface area contributed by atoms with Gasteiger partial charge in [-0.25, -0.2) is 4.52 Å². The van der Waals surface area contributed by atoms with E-state index in [0.29, 0.717) is 0 Å². The first-order valence-corrected chi connectivity index (χ1v) is 6.70. The molecule has 12 heavy (non-hydrogen) atoms. The van der Waals surface area contributed by atoms with Gasteiger partial charge in [-0.15, -0.1) is 4.89 Å². The van der Waals surface area contributed by atoms with Gasteiger partial charge in [0.1, 0.15) is 0 Å². The molecule has 1 atom stereocenters. The molecule has 0 aliphatic rings. The van der Waals surface area contributed by atoms with Gasteiger partial charge in [0.05, 0.1) is 0 Å². The number of hydrogen-bond donors (Lipinski definition) is 1. The lowest BCUT2D eigenvalue weighted by atomic mass is 10.2. The van der Waals surface area contributed by atoms with E-state index in [4.69, 9.17) is 4.89 Å². The zero-order valence-corrected chi connectivity index (χ0v) is 10.4. The summed E-state index contributed by atoms with van der Waals surface area (Å²) >= 11 is 6.56. The highest BCUT2D eigenvalue weighted by atomic mass is 79.9. The summed E-state index contributed by atoms with van der Waals surface area (Å²) < 4.78 is 14.6. The normalized spacial score (nSPS) is 10.8. The molecule has 0 saturated heterocycles. The molecular formula is C6H10Br2O3P+. The van der Waals surface area contributed by atoms with Crippen molar-refractivity contribution in [1.82, 2.24) is 0 Å². The Hall–Kier alpha value is 0.560. The lowest BCUT2D eigenvalue weighted by Crippen LogP contribution is -1.87. The second-order valence-electron chi connectivity index (χ2n) is 2.00. The summed E-state index contributed by atoms with van der Waals surface area (Å²) in [6.07, 6.45) is 3.02. The molecular weight excluding hydrogens is 311 g/mol. The molecule has 0 saturated carbocycles. The smallest absolute Gasteiger partial charge is 0.237 e. The van der Waals surface area contributed by atoms with Crippen molar-refractivity contribution in [3.8, 4) is 0 Å². The Labute approximate surface area is 89.4 Å². The van der Waals surface area contributed by atoms with Gasteiger partial charge in [0.2, 0.25) is 0 Å². The van der Waals surface area contributed by atoms with Crippen molar-refractivity contribution >= 4 is 40.1 Å². The van der Waals surface area contributed by atoms with Gasteiger partial charge in [0, 0.05) is 15.2 Å². The van der Waals surface area contributed by atoms with Crippen LogP contribution in [0.25, 0.3) is 0 Å². The van der Waals surface area contributed by atoms with Gasteiger partial charge in [-0.05, 0) is 18.4 Å². The minimum absolute atomic E-state index is 0.828. The van der Waals surface area contributed by atoms with Gasteiger partial charge < -0.3 is 0 Å². The third-order valence-electron chi connectivity index (χ3n) is 1.14. The molecule has 0 aromatic rings. The number of hydrogen-bond acceptors (Lipinski definition) is 2. The molecule has 0 aromatic carbocycles. The fourth-order valence-electron chi connectivity index (χ4n) is 0.605. The highest BCUT2D eigenvalue weighted by Gasteiger charge is 2.09. The SMILES string of the molecule is O=[P+](O)OC=C(CCBr)CCBr. The highest BCUT2D eigenvalue weighted by molar-refractivity contribution is 9.09. The summed E-state index contributed by atoms with van der Waals surface area (Å²) in [5, 5.41) is 1.66. The van der Waals surface area contributed by atoms with Gasteiger partial charge in [0.25, 0.3) is 0 Å². The Morgan fingerprint density at radius 2 is 1.92 bits per heavy atom. The molecule has 0 aromatic heterocycles. The van der Waals surface area contributed by atoms with Crippen LogP contribution in [0.3, 0.4) is 0 Å². The van der Waals surface area contributed by atoms with Crippen molar-refractivity contribution in [1.29, 1.82) is 0 Å². The summed E-state index contributed by atoms with van der Waals surface area (Å²) in [6.45, 7) is 0. The van der Waals surface area contributed by atoms with Crippen molar-refractivity contribution in [2.45, 2.75) is 12.8 Å². The van der Waals surface area contributed by atoms with Crippen LogP contribution in [0.1, 0.15) is 12.8 Å². The average Bonchev–Trinajstić information content (AvgIpc) is 2.01. The fourth-order valence-corrected chi connectivity index (χ4v) is 1.86. The zero-order valence-electron chi connectivity index (χ0n) is 6.37. The minimum atomic E-state index is -2.51. The second-order valence-corrected chi connectivity index (χ2v) is 4.27. The maximum absolute atomic E-state index is 10.2. The summed E-state index contributed by atoms with van der Waals surface area (Å²) in [6, 6.07) is 0. The third-order valence-corrected chi connectivity index (χ3v) is 2.22. The molecule has 0 radical (unpaired) electrons. The topological polar surface area (TPSA) is 46.5 Å². The van der Waals surface area contributed by atoms with Gasteiger partial charge in [-0.1, -0.05) is 31.9 Å². The standard InChI is InChI=1S/C6H9Br2O3P/c7-3-1-6(2-4-8)5-11-12(9)10/h5H,1-4H2/p+1. The maximum Gasteiger partial charge on any atom is 0.746 e. The zero-order chi connectivity index (χ0) is 9.40. The largest absolute Gasteiger partial charge is 0.746 e. The number of alkyl halides is 2. The summed E-state index contributed by atoms with van der Waals surface area (Å²) in [7, 11) is -2.51. The molecule has 0 rings (SSSR count). The lowest BCUT2D eigenvalue weighted by molar-refractivity contribution is 0.374.